The van der Waals surface area contributed by atoms with Gasteiger partial charge in [0.1, 0.15) is 6.61 Å². The first-order valence-corrected chi connectivity index (χ1v) is 8.92. The van der Waals surface area contributed by atoms with E-state index in [1.807, 2.05) is 36.4 Å². The minimum atomic E-state index is -0.836. The number of non-ortho nitro benzene ring substituents is 1. The maximum atomic E-state index is 12.4. The van der Waals surface area contributed by atoms with Crippen molar-refractivity contribution in [3.8, 4) is 11.5 Å². The highest BCUT2D eigenvalue weighted by atomic mass is 16.6. The zero-order valence-corrected chi connectivity index (χ0v) is 15.5. The smallest absolute Gasteiger partial charge is 0.284 e. The Hall–Kier alpha value is -3.94. The lowest BCUT2D eigenvalue weighted by Crippen LogP contribution is -2.42. The number of ether oxygens (including phenoxy) is 2. The second-order valence-corrected chi connectivity index (χ2v) is 6.54. The molecule has 4 rings (SSSR count). The largest absolute Gasteiger partial charge is 0.485 e. The molecule has 1 amide bonds. The van der Waals surface area contributed by atoms with Crippen molar-refractivity contribution in [3.63, 3.8) is 0 Å². The zero-order chi connectivity index (χ0) is 20.4. The van der Waals surface area contributed by atoms with Gasteiger partial charge in [-0.25, -0.2) is 5.43 Å². The van der Waals surface area contributed by atoms with Crippen molar-refractivity contribution < 1.29 is 19.2 Å². The van der Waals surface area contributed by atoms with E-state index in [1.54, 1.807) is 19.1 Å². The lowest BCUT2D eigenvalue weighted by atomic mass is 10.1. The van der Waals surface area contributed by atoms with Gasteiger partial charge in [0.2, 0.25) is 6.10 Å². The summed E-state index contributed by atoms with van der Waals surface area (Å²) >= 11 is 0. The maximum absolute atomic E-state index is 12.4. The van der Waals surface area contributed by atoms with Gasteiger partial charge in [0.15, 0.2) is 11.5 Å². The summed E-state index contributed by atoms with van der Waals surface area (Å²) in [4.78, 5) is 22.7. The molecular formula is C21H17N3O5. The number of benzene rings is 3. The number of rotatable bonds is 4. The van der Waals surface area contributed by atoms with Crippen LogP contribution in [0, 0.1) is 10.1 Å². The lowest BCUT2D eigenvalue weighted by molar-refractivity contribution is -0.384. The normalized spacial score (nSPS) is 15.8. The van der Waals surface area contributed by atoms with Crippen molar-refractivity contribution in [1.82, 2.24) is 5.43 Å². The minimum Gasteiger partial charge on any atom is -0.485 e. The van der Waals surface area contributed by atoms with Gasteiger partial charge in [0.25, 0.3) is 11.6 Å². The van der Waals surface area contributed by atoms with Crippen LogP contribution in [0.3, 0.4) is 0 Å². The molecule has 1 aliphatic heterocycles. The molecular weight excluding hydrogens is 374 g/mol. The van der Waals surface area contributed by atoms with Gasteiger partial charge in [0.05, 0.1) is 10.6 Å². The molecule has 0 bridgehead atoms. The first-order chi connectivity index (χ1) is 14.0. The molecule has 3 aromatic rings. The fourth-order valence-corrected chi connectivity index (χ4v) is 2.99. The Morgan fingerprint density at radius 2 is 1.76 bits per heavy atom. The third-order valence-electron chi connectivity index (χ3n) is 4.59. The number of carbonyl (C=O) groups excluding carboxylic acids is 1. The summed E-state index contributed by atoms with van der Waals surface area (Å²) in [5.74, 6) is 0.662. The summed E-state index contributed by atoms with van der Waals surface area (Å²) in [6.45, 7) is 1.77. The van der Waals surface area contributed by atoms with E-state index in [2.05, 4.69) is 10.5 Å². The van der Waals surface area contributed by atoms with E-state index in [4.69, 9.17) is 9.47 Å². The van der Waals surface area contributed by atoms with Gasteiger partial charge >= 0.3 is 0 Å². The van der Waals surface area contributed by atoms with E-state index in [0.717, 1.165) is 10.8 Å². The van der Waals surface area contributed by atoms with E-state index in [0.29, 0.717) is 22.8 Å². The number of hydrogen-bond acceptors (Lipinski definition) is 6. The molecule has 0 fully saturated rings. The van der Waals surface area contributed by atoms with Crippen LogP contribution in [0.25, 0.3) is 10.8 Å². The Morgan fingerprint density at radius 1 is 1.10 bits per heavy atom. The average molecular weight is 391 g/mol. The first kappa shape index (κ1) is 18.4. The van der Waals surface area contributed by atoms with Crippen LogP contribution in [0.1, 0.15) is 12.5 Å². The third kappa shape index (κ3) is 3.86. The van der Waals surface area contributed by atoms with E-state index >= 15 is 0 Å². The Morgan fingerprint density at radius 3 is 2.41 bits per heavy atom. The second-order valence-electron chi connectivity index (χ2n) is 6.54. The SMILES string of the molecule is C/C(=N\NC(=O)[C@H]1COc2cc3ccccc3cc2O1)c1ccc([N+](=O)[O-])cc1. The number of fused-ring (bicyclic) bond motifs is 2. The van der Waals surface area contributed by atoms with Crippen molar-refractivity contribution in [2.75, 3.05) is 6.61 Å². The molecule has 8 nitrogen and oxygen atoms in total. The van der Waals surface area contributed by atoms with Crippen LogP contribution in [0.2, 0.25) is 0 Å². The molecule has 8 heteroatoms. The fraction of sp³-hybridized carbons (Fsp3) is 0.143. The third-order valence-corrected chi connectivity index (χ3v) is 4.59. The highest BCUT2D eigenvalue weighted by molar-refractivity contribution is 5.99. The van der Waals surface area contributed by atoms with Crippen LogP contribution in [-0.2, 0) is 4.79 Å². The Balaban J connectivity index is 1.44. The second kappa shape index (κ2) is 7.59. The van der Waals surface area contributed by atoms with E-state index in [-0.39, 0.29) is 12.3 Å². The molecule has 0 aromatic heterocycles. The van der Waals surface area contributed by atoms with Crippen LogP contribution in [0.4, 0.5) is 5.69 Å². The number of nitro groups is 1. The number of carbonyl (C=O) groups is 1. The first-order valence-electron chi connectivity index (χ1n) is 8.92. The standard InChI is InChI=1S/C21H17N3O5/c1-13(14-6-8-17(9-7-14)24(26)27)22-23-21(25)20-12-28-18-10-15-4-2-3-5-16(15)11-19(18)29-20/h2-11,20H,12H2,1H3,(H,23,25)/b22-13+/t20-/m1/s1. The number of nitrogens with zero attached hydrogens (tertiary/aromatic N) is 2. The predicted octanol–water partition coefficient (Wildman–Crippen LogP) is 3.43. The highest BCUT2D eigenvalue weighted by Gasteiger charge is 2.27. The monoisotopic (exact) mass is 391 g/mol. The van der Waals surface area contributed by atoms with Gasteiger partial charge < -0.3 is 9.47 Å². The van der Waals surface area contributed by atoms with Crippen LogP contribution in [0.5, 0.6) is 11.5 Å². The molecule has 0 saturated heterocycles. The highest BCUT2D eigenvalue weighted by Crippen LogP contribution is 2.35. The van der Waals surface area contributed by atoms with Gasteiger partial charge in [-0.15, -0.1) is 0 Å². The topological polar surface area (TPSA) is 103 Å². The summed E-state index contributed by atoms with van der Waals surface area (Å²) in [6, 6.07) is 17.5. The number of nitro benzene ring substituents is 1. The number of hydrazone groups is 1. The van der Waals surface area contributed by atoms with Crippen LogP contribution in [-0.4, -0.2) is 29.3 Å². The summed E-state index contributed by atoms with van der Waals surface area (Å²) in [5, 5.41) is 16.8. The predicted molar refractivity (Wildman–Crippen MR) is 107 cm³/mol. The molecule has 146 valence electrons. The molecule has 0 spiro atoms. The van der Waals surface area contributed by atoms with Crippen molar-refractivity contribution in [3.05, 3.63) is 76.3 Å². The Kier molecular flexibility index (Phi) is 4.82. The lowest BCUT2D eigenvalue weighted by Gasteiger charge is -2.25. The zero-order valence-electron chi connectivity index (χ0n) is 15.5. The van der Waals surface area contributed by atoms with Gasteiger partial charge in [0, 0.05) is 12.1 Å². The quantitative estimate of drug-likeness (QED) is 0.417. The van der Waals surface area contributed by atoms with Crippen LogP contribution in [0.15, 0.2) is 65.8 Å². The van der Waals surface area contributed by atoms with Gasteiger partial charge in [-0.1, -0.05) is 24.3 Å². The Labute approximate surface area is 165 Å². The molecule has 29 heavy (non-hydrogen) atoms. The van der Waals surface area contributed by atoms with Gasteiger partial charge in [-0.3, -0.25) is 14.9 Å². The molecule has 0 unspecified atom stereocenters. The fourth-order valence-electron chi connectivity index (χ4n) is 2.99. The molecule has 1 N–H and O–H groups in total. The number of nitrogens with one attached hydrogen (secondary N) is 1. The molecule has 1 aliphatic rings. The maximum Gasteiger partial charge on any atom is 0.284 e. The molecule has 3 aromatic carbocycles. The average Bonchev–Trinajstić information content (AvgIpc) is 2.75. The molecule has 0 radical (unpaired) electrons. The summed E-state index contributed by atoms with van der Waals surface area (Å²) in [6.07, 6.45) is -0.836. The van der Waals surface area contributed by atoms with E-state index in [1.165, 1.54) is 12.1 Å². The minimum absolute atomic E-state index is 0.00970. The van der Waals surface area contributed by atoms with Crippen LogP contribution < -0.4 is 14.9 Å². The number of amides is 1. The number of hydrogen-bond donors (Lipinski definition) is 1. The molecule has 0 aliphatic carbocycles. The summed E-state index contributed by atoms with van der Waals surface area (Å²) in [7, 11) is 0. The molecule has 0 saturated carbocycles. The van der Waals surface area contributed by atoms with Crippen molar-refractivity contribution in [2.24, 2.45) is 5.10 Å². The van der Waals surface area contributed by atoms with E-state index < -0.39 is 16.9 Å². The Bertz CT molecular complexity index is 1120. The van der Waals surface area contributed by atoms with Gasteiger partial charge in [-0.05, 0) is 47.5 Å². The summed E-state index contributed by atoms with van der Waals surface area (Å²) < 4.78 is 11.5. The van der Waals surface area contributed by atoms with Crippen molar-refractivity contribution in [2.45, 2.75) is 13.0 Å². The van der Waals surface area contributed by atoms with Crippen molar-refractivity contribution >= 4 is 28.1 Å². The summed E-state index contributed by atoms with van der Waals surface area (Å²) in [5.41, 5.74) is 3.63. The van der Waals surface area contributed by atoms with Crippen molar-refractivity contribution in [1.29, 1.82) is 0 Å². The van der Waals surface area contributed by atoms with Gasteiger partial charge in [-0.2, -0.15) is 5.10 Å². The van der Waals surface area contributed by atoms with Crippen LogP contribution >= 0.6 is 0 Å². The molecule has 1 atom stereocenters. The van der Waals surface area contributed by atoms with E-state index in [9.17, 15) is 14.9 Å². The molecule has 1 heterocycles.